The predicted octanol–water partition coefficient (Wildman–Crippen LogP) is 1.77. The molecule has 0 fully saturated rings. The maximum Gasteiger partial charge on any atom is 1.00 e. The summed E-state index contributed by atoms with van der Waals surface area (Å²) in [7, 11) is 0. The Labute approximate surface area is 120 Å². The number of hydrogen-bond acceptors (Lipinski definition) is 0. The molecule has 0 saturated carbocycles. The van der Waals surface area contributed by atoms with Crippen LogP contribution in [0.4, 0.5) is 5.69 Å². The smallest absolute Gasteiger partial charge is 0.674 e. The molecule has 84 valence electrons. The zero-order valence-electron chi connectivity index (χ0n) is 10.8. The van der Waals surface area contributed by atoms with E-state index in [0.717, 1.165) is 5.69 Å². The van der Waals surface area contributed by atoms with Crippen molar-refractivity contribution >= 4 is 11.8 Å². The molecule has 1 aliphatic rings. The summed E-state index contributed by atoms with van der Waals surface area (Å²) in [6.45, 7) is 2.11. The minimum absolute atomic E-state index is 0. The van der Waals surface area contributed by atoms with E-state index >= 15 is 0 Å². The third kappa shape index (κ3) is 2.53. The summed E-state index contributed by atoms with van der Waals surface area (Å²) in [5, 5.41) is 4.77. The topological polar surface area (TPSA) is 14.1 Å². The van der Waals surface area contributed by atoms with Crippen LogP contribution in [0.5, 0.6) is 0 Å². The van der Waals surface area contributed by atoms with E-state index in [4.69, 9.17) is 5.32 Å². The van der Waals surface area contributed by atoms with Crippen molar-refractivity contribution in [1.82, 2.24) is 0 Å². The third-order valence-electron chi connectivity index (χ3n) is 3.06. The van der Waals surface area contributed by atoms with Crippen molar-refractivity contribution in [3.63, 3.8) is 0 Å². The van der Waals surface area contributed by atoms with Crippen LogP contribution in [0, 0.1) is 6.92 Å². The molecule has 1 atom stereocenters. The van der Waals surface area contributed by atoms with Crippen LogP contribution in [0.25, 0.3) is 11.4 Å². The number of hydrogen-bond donors (Lipinski definition) is 0. The summed E-state index contributed by atoms with van der Waals surface area (Å²) < 4.78 is 0. The Hall–Kier alpha value is -1.42. The molecule has 2 aromatic rings. The average Bonchev–Trinajstić information content (AvgIpc) is 2.39. The first-order valence-electron chi connectivity index (χ1n) is 5.87. The van der Waals surface area contributed by atoms with E-state index in [9.17, 15) is 0 Å². The van der Waals surface area contributed by atoms with Gasteiger partial charge in [0.2, 0.25) is 0 Å². The van der Waals surface area contributed by atoms with Gasteiger partial charge >= 0.3 is 18.9 Å². The molecular weight excluding hydrogens is 213 g/mol. The van der Waals surface area contributed by atoms with Crippen molar-refractivity contribution in [1.29, 1.82) is 0 Å². The van der Waals surface area contributed by atoms with Gasteiger partial charge in [-0.15, -0.1) is 5.69 Å². The molecule has 2 aromatic carbocycles. The molecule has 1 aliphatic heterocycles. The van der Waals surface area contributed by atoms with Crippen LogP contribution >= 0.6 is 0 Å². The quantitative estimate of drug-likeness (QED) is 0.659. The van der Waals surface area contributed by atoms with E-state index in [1.54, 1.807) is 0 Å². The summed E-state index contributed by atoms with van der Waals surface area (Å²) in [6.07, 6.45) is 4.34. The Morgan fingerprint density at radius 1 is 1.00 bits per heavy atom. The van der Waals surface area contributed by atoms with Crippen molar-refractivity contribution in [2.75, 3.05) is 0 Å². The molecule has 1 unspecified atom stereocenters. The Kier molecular flexibility index (Phi) is 3.96. The number of fused-ring (bicyclic) bond motifs is 1. The van der Waals surface area contributed by atoms with Gasteiger partial charge in [-0.3, -0.25) is 0 Å². The third-order valence-corrected chi connectivity index (χ3v) is 3.06. The van der Waals surface area contributed by atoms with Crippen LogP contribution in [-0.2, 0) is 0 Å². The van der Waals surface area contributed by atoms with Crippen LogP contribution in [0.1, 0.15) is 22.7 Å². The average molecular weight is 227 g/mol. The molecular formula is C16H14LiN. The molecule has 2 heteroatoms. The standard InChI is InChI=1S/C16H14N.Li/c1-12-7-9-16-14(11-12)8-10-15(17-16)13-5-3-2-4-6-13;/h2-11,15H,1H3;/q-1;+1. The zero-order valence-corrected chi connectivity index (χ0v) is 10.8. The fraction of sp³-hybridized carbons (Fsp3) is 0.125. The van der Waals surface area contributed by atoms with Crippen molar-refractivity contribution in [3.8, 4) is 0 Å². The Bertz CT molecular complexity index is 561. The fourth-order valence-corrected chi connectivity index (χ4v) is 2.15. The van der Waals surface area contributed by atoms with Gasteiger partial charge in [0, 0.05) is 0 Å². The second-order valence-electron chi connectivity index (χ2n) is 4.41. The van der Waals surface area contributed by atoms with Gasteiger partial charge in [0.15, 0.2) is 0 Å². The van der Waals surface area contributed by atoms with Gasteiger partial charge in [-0.1, -0.05) is 77.9 Å². The first-order chi connectivity index (χ1) is 8.33. The molecule has 0 aromatic heterocycles. The van der Waals surface area contributed by atoms with E-state index < -0.39 is 0 Å². The Morgan fingerprint density at radius 2 is 1.78 bits per heavy atom. The molecule has 0 aliphatic carbocycles. The van der Waals surface area contributed by atoms with E-state index in [2.05, 4.69) is 61.5 Å². The SMILES string of the molecule is Cc1ccc2c(c1)C=CC(c1ccccc1)[N-]2.[Li+]. The molecule has 0 spiro atoms. The molecule has 1 heterocycles. The monoisotopic (exact) mass is 227 g/mol. The van der Waals surface area contributed by atoms with E-state index in [1.165, 1.54) is 16.7 Å². The van der Waals surface area contributed by atoms with E-state index in [1.807, 2.05) is 6.07 Å². The maximum atomic E-state index is 4.77. The molecule has 1 nitrogen and oxygen atoms in total. The van der Waals surface area contributed by atoms with Crippen LogP contribution in [0.3, 0.4) is 0 Å². The summed E-state index contributed by atoms with van der Waals surface area (Å²) in [5.74, 6) is 0. The number of aryl methyl sites for hydroxylation is 1. The summed E-state index contributed by atoms with van der Waals surface area (Å²) in [5.41, 5.74) is 4.83. The summed E-state index contributed by atoms with van der Waals surface area (Å²) in [4.78, 5) is 0. The van der Waals surface area contributed by atoms with Gasteiger partial charge in [-0.25, -0.2) is 0 Å². The van der Waals surface area contributed by atoms with Crippen molar-refractivity contribution < 1.29 is 18.9 Å². The largest absolute Gasteiger partial charge is 1.00 e. The molecule has 0 bridgehead atoms. The predicted molar refractivity (Wildman–Crippen MR) is 72.4 cm³/mol. The van der Waals surface area contributed by atoms with Crippen LogP contribution in [-0.4, -0.2) is 0 Å². The first-order valence-corrected chi connectivity index (χ1v) is 5.87. The van der Waals surface area contributed by atoms with Crippen LogP contribution in [0.15, 0.2) is 54.6 Å². The van der Waals surface area contributed by atoms with Gasteiger partial charge in [0.25, 0.3) is 0 Å². The van der Waals surface area contributed by atoms with Crippen molar-refractivity contribution in [2.45, 2.75) is 13.0 Å². The zero-order chi connectivity index (χ0) is 11.7. The van der Waals surface area contributed by atoms with E-state index in [-0.39, 0.29) is 24.9 Å². The van der Waals surface area contributed by atoms with Gasteiger partial charge in [-0.2, -0.15) is 0 Å². The minimum atomic E-state index is 0. The van der Waals surface area contributed by atoms with Gasteiger partial charge < -0.3 is 5.32 Å². The summed E-state index contributed by atoms with van der Waals surface area (Å²) in [6, 6.07) is 17.0. The van der Waals surface area contributed by atoms with Gasteiger partial charge in [0.1, 0.15) is 0 Å². The molecule has 0 amide bonds. The second-order valence-corrected chi connectivity index (χ2v) is 4.41. The Balaban J connectivity index is 0.00000120. The van der Waals surface area contributed by atoms with Crippen LogP contribution in [0.2, 0.25) is 0 Å². The van der Waals surface area contributed by atoms with Crippen molar-refractivity contribution in [2.24, 2.45) is 0 Å². The number of nitrogens with zero attached hydrogens (tertiary/aromatic N) is 1. The molecule has 0 radical (unpaired) electrons. The maximum absolute atomic E-state index is 4.77. The van der Waals surface area contributed by atoms with Gasteiger partial charge in [0.05, 0.1) is 0 Å². The van der Waals surface area contributed by atoms with E-state index in [0.29, 0.717) is 0 Å². The summed E-state index contributed by atoms with van der Waals surface area (Å²) >= 11 is 0. The number of rotatable bonds is 1. The van der Waals surface area contributed by atoms with Crippen LogP contribution < -0.4 is 18.9 Å². The van der Waals surface area contributed by atoms with Crippen molar-refractivity contribution in [3.05, 3.63) is 76.6 Å². The molecule has 18 heavy (non-hydrogen) atoms. The second kappa shape index (κ2) is 5.48. The fourth-order valence-electron chi connectivity index (χ4n) is 2.15. The molecule has 3 rings (SSSR count). The molecule has 0 N–H and O–H groups in total. The normalized spacial score (nSPS) is 16.4. The first kappa shape index (κ1) is 13.0. The minimum Gasteiger partial charge on any atom is -0.674 e. The number of benzene rings is 2. The molecule has 0 saturated heterocycles. The van der Waals surface area contributed by atoms with Gasteiger partial charge in [-0.05, 0) is 12.5 Å². The Morgan fingerprint density at radius 3 is 2.56 bits per heavy atom.